The van der Waals surface area contributed by atoms with Gasteiger partial charge in [0.15, 0.2) is 0 Å². The van der Waals surface area contributed by atoms with E-state index in [0.29, 0.717) is 17.3 Å². The van der Waals surface area contributed by atoms with Crippen LogP contribution in [0, 0.1) is 13.8 Å². The molecule has 5 nitrogen and oxygen atoms in total. The Morgan fingerprint density at radius 3 is 2.67 bits per heavy atom. The number of nitrogens with zero attached hydrogens (tertiary/aromatic N) is 2. The van der Waals surface area contributed by atoms with E-state index in [1.165, 1.54) is 27.0 Å². The van der Waals surface area contributed by atoms with Gasteiger partial charge in [-0.2, -0.15) is 4.31 Å². The Kier molecular flexibility index (Phi) is 5.15. The number of hydrogen-bond acceptors (Lipinski definition) is 6. The molecular weight excluding hydrogens is 326 g/mol. The maximum atomic E-state index is 12.6. The Labute approximate surface area is 133 Å². The Morgan fingerprint density at radius 2 is 2.10 bits per heavy atom. The summed E-state index contributed by atoms with van der Waals surface area (Å²) < 4.78 is 27.0. The van der Waals surface area contributed by atoms with Crippen LogP contribution < -0.4 is 5.32 Å². The molecule has 0 spiro atoms. The van der Waals surface area contributed by atoms with Crippen LogP contribution in [0.4, 0.5) is 0 Å². The van der Waals surface area contributed by atoms with Crippen molar-refractivity contribution in [3.8, 4) is 0 Å². The highest BCUT2D eigenvalue weighted by atomic mass is 32.2. The van der Waals surface area contributed by atoms with E-state index in [4.69, 9.17) is 0 Å². The molecule has 2 rings (SSSR count). The van der Waals surface area contributed by atoms with Crippen LogP contribution in [0.2, 0.25) is 0 Å². The van der Waals surface area contributed by atoms with Gasteiger partial charge in [-0.3, -0.25) is 0 Å². The number of rotatable bonds is 6. The smallest absolute Gasteiger partial charge is 0.252 e. The van der Waals surface area contributed by atoms with E-state index in [1.54, 1.807) is 13.1 Å². The van der Waals surface area contributed by atoms with Crippen molar-refractivity contribution in [3.63, 3.8) is 0 Å². The minimum atomic E-state index is -3.46. The maximum Gasteiger partial charge on any atom is 0.252 e. The summed E-state index contributed by atoms with van der Waals surface area (Å²) in [6.07, 6.45) is 0. The molecule has 2 aromatic rings. The fourth-order valence-corrected chi connectivity index (χ4v) is 5.46. The van der Waals surface area contributed by atoms with E-state index < -0.39 is 10.0 Å². The Balaban J connectivity index is 2.22. The molecule has 0 bridgehead atoms. The summed E-state index contributed by atoms with van der Waals surface area (Å²) in [6.45, 7) is 4.83. The van der Waals surface area contributed by atoms with Crippen molar-refractivity contribution in [1.29, 1.82) is 0 Å². The van der Waals surface area contributed by atoms with Crippen molar-refractivity contribution in [2.24, 2.45) is 0 Å². The first-order valence-corrected chi connectivity index (χ1v) is 9.59. The standard InChI is InChI=1S/C13H19N3O2S3/c1-9-5-13(20-12(9)6-14-3)21(17,18)16(4)7-11-8-19-10(2)15-11/h5,8,14H,6-7H2,1-4H3. The highest BCUT2D eigenvalue weighted by molar-refractivity contribution is 7.91. The van der Waals surface area contributed by atoms with Crippen LogP contribution in [0.1, 0.15) is 21.1 Å². The Bertz CT molecular complexity index is 719. The number of aromatic nitrogens is 1. The number of nitrogens with one attached hydrogen (secondary N) is 1. The lowest BCUT2D eigenvalue weighted by Crippen LogP contribution is -2.26. The van der Waals surface area contributed by atoms with Crippen molar-refractivity contribution in [3.05, 3.63) is 32.6 Å². The van der Waals surface area contributed by atoms with Crippen molar-refractivity contribution in [2.45, 2.75) is 31.1 Å². The van der Waals surface area contributed by atoms with E-state index in [-0.39, 0.29) is 0 Å². The normalized spacial score (nSPS) is 12.2. The third-order valence-electron chi connectivity index (χ3n) is 3.05. The van der Waals surface area contributed by atoms with Crippen LogP contribution in [0.5, 0.6) is 0 Å². The van der Waals surface area contributed by atoms with Crippen LogP contribution in [-0.4, -0.2) is 31.8 Å². The van der Waals surface area contributed by atoms with Gasteiger partial charge in [0.05, 0.1) is 17.2 Å². The second-order valence-corrected chi connectivity index (χ2v) is 9.29. The molecule has 0 amide bonds. The van der Waals surface area contributed by atoms with Crippen LogP contribution >= 0.6 is 22.7 Å². The largest absolute Gasteiger partial charge is 0.315 e. The topological polar surface area (TPSA) is 62.3 Å². The predicted octanol–water partition coefficient (Wildman–Crippen LogP) is 2.36. The van der Waals surface area contributed by atoms with E-state index in [1.807, 2.05) is 26.3 Å². The van der Waals surface area contributed by atoms with Gasteiger partial charge in [0.2, 0.25) is 0 Å². The number of hydrogen-bond donors (Lipinski definition) is 1. The third-order valence-corrected chi connectivity index (χ3v) is 7.36. The van der Waals surface area contributed by atoms with Crippen molar-refractivity contribution in [1.82, 2.24) is 14.6 Å². The molecule has 0 atom stereocenters. The average molecular weight is 346 g/mol. The number of thiazole rings is 1. The molecule has 1 N–H and O–H groups in total. The second-order valence-electron chi connectivity index (χ2n) is 4.82. The molecule has 0 radical (unpaired) electrons. The predicted molar refractivity (Wildman–Crippen MR) is 87.3 cm³/mol. The fraction of sp³-hybridized carbons (Fsp3) is 0.462. The molecule has 0 aliphatic heterocycles. The van der Waals surface area contributed by atoms with Gasteiger partial charge in [0, 0.05) is 23.8 Å². The molecule has 0 aromatic carbocycles. The minimum absolute atomic E-state index is 0.297. The molecule has 8 heteroatoms. The van der Waals surface area contributed by atoms with Crippen molar-refractivity contribution < 1.29 is 8.42 Å². The Morgan fingerprint density at radius 1 is 1.38 bits per heavy atom. The first-order chi connectivity index (χ1) is 9.84. The molecule has 0 aliphatic rings. The van der Waals surface area contributed by atoms with Crippen LogP contribution in [0.15, 0.2) is 15.7 Å². The average Bonchev–Trinajstić information content (AvgIpc) is 2.97. The molecule has 0 aliphatic carbocycles. The van der Waals surface area contributed by atoms with Crippen LogP contribution in [0.3, 0.4) is 0 Å². The number of aryl methyl sites for hydroxylation is 2. The zero-order chi connectivity index (χ0) is 15.6. The third kappa shape index (κ3) is 3.70. The van der Waals surface area contributed by atoms with Gasteiger partial charge in [0.25, 0.3) is 10.0 Å². The molecule has 0 unspecified atom stereocenters. The molecule has 0 saturated heterocycles. The number of sulfonamides is 1. The second kappa shape index (κ2) is 6.53. The fourth-order valence-electron chi connectivity index (χ4n) is 1.90. The summed E-state index contributed by atoms with van der Waals surface area (Å²) in [5.74, 6) is 0. The summed E-state index contributed by atoms with van der Waals surface area (Å²) in [5, 5.41) is 5.89. The summed E-state index contributed by atoms with van der Waals surface area (Å²) in [5.41, 5.74) is 1.79. The summed E-state index contributed by atoms with van der Waals surface area (Å²) in [7, 11) is -0.0139. The highest BCUT2D eigenvalue weighted by Gasteiger charge is 2.24. The monoisotopic (exact) mass is 345 g/mol. The zero-order valence-electron chi connectivity index (χ0n) is 12.5. The molecule has 116 valence electrons. The van der Waals surface area contributed by atoms with E-state index >= 15 is 0 Å². The van der Waals surface area contributed by atoms with E-state index in [0.717, 1.165) is 21.1 Å². The van der Waals surface area contributed by atoms with E-state index in [9.17, 15) is 8.42 Å². The first-order valence-electron chi connectivity index (χ1n) is 6.46. The first kappa shape index (κ1) is 16.6. The van der Waals surface area contributed by atoms with Gasteiger partial charge < -0.3 is 5.32 Å². The molecule has 2 aromatic heterocycles. The van der Waals surface area contributed by atoms with E-state index in [2.05, 4.69) is 10.3 Å². The van der Waals surface area contributed by atoms with Gasteiger partial charge >= 0.3 is 0 Å². The summed E-state index contributed by atoms with van der Waals surface area (Å²) in [6, 6.07) is 1.75. The van der Waals surface area contributed by atoms with Crippen LogP contribution in [0.25, 0.3) is 0 Å². The lowest BCUT2D eigenvalue weighted by atomic mass is 10.3. The highest BCUT2D eigenvalue weighted by Crippen LogP contribution is 2.28. The maximum absolute atomic E-state index is 12.6. The molecule has 21 heavy (non-hydrogen) atoms. The quantitative estimate of drug-likeness (QED) is 0.873. The molecule has 2 heterocycles. The van der Waals surface area contributed by atoms with Gasteiger partial charge in [-0.1, -0.05) is 0 Å². The van der Waals surface area contributed by atoms with Crippen molar-refractivity contribution >= 4 is 32.7 Å². The lowest BCUT2D eigenvalue weighted by Gasteiger charge is -2.14. The van der Waals surface area contributed by atoms with Gasteiger partial charge in [-0.05, 0) is 32.5 Å². The molecule has 0 saturated carbocycles. The SMILES string of the molecule is CNCc1sc(S(=O)(=O)N(C)Cc2csc(C)n2)cc1C. The van der Waals surface area contributed by atoms with Crippen LogP contribution in [-0.2, 0) is 23.1 Å². The van der Waals surface area contributed by atoms with Gasteiger partial charge in [-0.15, -0.1) is 22.7 Å². The summed E-state index contributed by atoms with van der Waals surface area (Å²) in [4.78, 5) is 5.37. The van der Waals surface area contributed by atoms with Crippen molar-refractivity contribution in [2.75, 3.05) is 14.1 Å². The Hall–Kier alpha value is -0.800. The molecule has 0 fully saturated rings. The summed E-state index contributed by atoms with van der Waals surface area (Å²) >= 11 is 2.85. The molecular formula is C13H19N3O2S3. The zero-order valence-corrected chi connectivity index (χ0v) is 15.0. The van der Waals surface area contributed by atoms with Gasteiger partial charge in [0.1, 0.15) is 4.21 Å². The van der Waals surface area contributed by atoms with Gasteiger partial charge in [-0.25, -0.2) is 13.4 Å². The minimum Gasteiger partial charge on any atom is -0.315 e. The lowest BCUT2D eigenvalue weighted by molar-refractivity contribution is 0.464. The number of thiophene rings is 1.